The second-order valence-corrected chi connectivity index (χ2v) is 6.92. The van der Waals surface area contributed by atoms with Crippen LogP contribution in [0.15, 0.2) is 46.3 Å². The fourth-order valence-corrected chi connectivity index (χ4v) is 3.51. The number of nitro benzene ring substituents is 1. The molecule has 130 valence electrons. The number of hydrogen-bond acceptors (Lipinski definition) is 7. The van der Waals surface area contributed by atoms with Crippen molar-refractivity contribution < 1.29 is 9.45 Å². The smallest absolute Gasteiger partial charge is 0.270 e. The second-order valence-electron chi connectivity index (χ2n) is 5.94. The molecule has 0 bridgehead atoms. The molecule has 1 atom stereocenters. The van der Waals surface area contributed by atoms with Gasteiger partial charge in [-0.25, -0.2) is 0 Å². The summed E-state index contributed by atoms with van der Waals surface area (Å²) in [4.78, 5) is 16.0. The van der Waals surface area contributed by atoms with Crippen LogP contribution in [-0.2, 0) is 6.54 Å². The van der Waals surface area contributed by atoms with Crippen molar-refractivity contribution in [1.29, 1.82) is 0 Å². The molecule has 0 spiro atoms. The van der Waals surface area contributed by atoms with Gasteiger partial charge in [0.15, 0.2) is 0 Å². The third-order valence-corrected chi connectivity index (χ3v) is 4.73. The molecule has 25 heavy (non-hydrogen) atoms. The molecule has 0 amide bonds. The first-order valence-electron chi connectivity index (χ1n) is 7.89. The van der Waals surface area contributed by atoms with Gasteiger partial charge in [0.1, 0.15) is 0 Å². The zero-order valence-corrected chi connectivity index (χ0v) is 14.7. The average molecular weight is 358 g/mol. The van der Waals surface area contributed by atoms with E-state index in [4.69, 9.17) is 4.52 Å². The molecule has 0 aliphatic rings. The first-order chi connectivity index (χ1) is 12.0. The second kappa shape index (κ2) is 7.54. The highest BCUT2D eigenvalue weighted by Crippen LogP contribution is 2.26. The van der Waals surface area contributed by atoms with E-state index in [0.717, 1.165) is 0 Å². The van der Waals surface area contributed by atoms with Crippen molar-refractivity contribution in [1.82, 2.24) is 15.5 Å². The van der Waals surface area contributed by atoms with Crippen LogP contribution >= 0.6 is 11.3 Å². The van der Waals surface area contributed by atoms with E-state index < -0.39 is 4.92 Å². The highest BCUT2D eigenvalue weighted by molar-refractivity contribution is 7.10. The third-order valence-electron chi connectivity index (χ3n) is 3.77. The van der Waals surface area contributed by atoms with Crippen molar-refractivity contribution in [3.63, 3.8) is 0 Å². The molecule has 1 aromatic carbocycles. The van der Waals surface area contributed by atoms with E-state index >= 15 is 0 Å². The summed E-state index contributed by atoms with van der Waals surface area (Å²) in [5.74, 6) is 1.21. The summed E-state index contributed by atoms with van der Waals surface area (Å²) >= 11 is 1.71. The summed E-state index contributed by atoms with van der Waals surface area (Å²) in [6.07, 6.45) is 0. The number of aromatic nitrogens is 2. The Morgan fingerprint density at radius 1 is 1.32 bits per heavy atom. The molecular weight excluding hydrogens is 340 g/mol. The van der Waals surface area contributed by atoms with Crippen LogP contribution in [0.5, 0.6) is 0 Å². The summed E-state index contributed by atoms with van der Waals surface area (Å²) in [6, 6.07) is 10.5. The molecule has 0 unspecified atom stereocenters. The summed E-state index contributed by atoms with van der Waals surface area (Å²) < 4.78 is 5.28. The number of thiophene rings is 1. The highest BCUT2D eigenvalue weighted by Gasteiger charge is 2.18. The van der Waals surface area contributed by atoms with Gasteiger partial charge in [-0.2, -0.15) is 4.98 Å². The van der Waals surface area contributed by atoms with E-state index in [0.29, 0.717) is 29.7 Å². The molecule has 0 saturated heterocycles. The lowest BCUT2D eigenvalue weighted by Crippen LogP contribution is -2.24. The van der Waals surface area contributed by atoms with Crippen molar-refractivity contribution in [3.8, 4) is 11.4 Å². The quantitative estimate of drug-likeness (QED) is 0.502. The predicted octanol–water partition coefficient (Wildman–Crippen LogP) is 4.19. The van der Waals surface area contributed by atoms with Gasteiger partial charge in [-0.1, -0.05) is 37.2 Å². The van der Waals surface area contributed by atoms with Gasteiger partial charge < -0.3 is 9.84 Å². The Morgan fingerprint density at radius 3 is 2.84 bits per heavy atom. The van der Waals surface area contributed by atoms with Gasteiger partial charge in [0, 0.05) is 28.6 Å². The molecule has 7 nitrogen and oxygen atoms in total. The molecule has 2 heterocycles. The lowest BCUT2D eigenvalue weighted by atomic mass is 10.0. The van der Waals surface area contributed by atoms with Crippen LogP contribution in [0, 0.1) is 16.0 Å². The maximum atomic E-state index is 10.9. The first kappa shape index (κ1) is 17.2. The molecule has 3 aromatic rings. The largest absolute Gasteiger partial charge is 0.338 e. The number of nitrogens with one attached hydrogen (secondary N) is 1. The van der Waals surface area contributed by atoms with Gasteiger partial charge in [-0.05, 0) is 17.4 Å². The van der Waals surface area contributed by atoms with Crippen LogP contribution in [0.3, 0.4) is 0 Å². The molecule has 0 aliphatic carbocycles. The topological polar surface area (TPSA) is 94.1 Å². The zero-order valence-electron chi connectivity index (χ0n) is 13.9. The molecule has 1 N–H and O–H groups in total. The van der Waals surface area contributed by atoms with E-state index in [9.17, 15) is 10.1 Å². The lowest BCUT2D eigenvalue weighted by molar-refractivity contribution is -0.384. The number of non-ortho nitro benzene ring substituents is 1. The summed E-state index contributed by atoms with van der Waals surface area (Å²) in [5.41, 5.74) is 0.558. The normalized spacial score (nSPS) is 12.4. The minimum Gasteiger partial charge on any atom is -0.338 e. The maximum absolute atomic E-state index is 10.9. The molecule has 0 aliphatic heterocycles. The first-order valence-corrected chi connectivity index (χ1v) is 8.76. The summed E-state index contributed by atoms with van der Waals surface area (Å²) in [6.45, 7) is 4.74. The number of nitro groups is 1. The fraction of sp³-hybridized carbons (Fsp3) is 0.294. The maximum Gasteiger partial charge on any atom is 0.270 e. The third kappa shape index (κ3) is 4.09. The number of benzene rings is 1. The van der Waals surface area contributed by atoms with Gasteiger partial charge in [0.2, 0.25) is 11.7 Å². The van der Waals surface area contributed by atoms with E-state index in [1.54, 1.807) is 23.5 Å². The lowest BCUT2D eigenvalue weighted by Gasteiger charge is -2.20. The molecule has 0 radical (unpaired) electrons. The Labute approximate surface area is 148 Å². The monoisotopic (exact) mass is 358 g/mol. The van der Waals surface area contributed by atoms with Gasteiger partial charge in [0.05, 0.1) is 11.5 Å². The van der Waals surface area contributed by atoms with Crippen molar-refractivity contribution in [2.24, 2.45) is 5.92 Å². The minimum atomic E-state index is -0.444. The van der Waals surface area contributed by atoms with Crippen LogP contribution in [0.25, 0.3) is 11.4 Å². The zero-order chi connectivity index (χ0) is 17.8. The van der Waals surface area contributed by atoms with Crippen LogP contribution in [0.2, 0.25) is 0 Å². The van der Waals surface area contributed by atoms with E-state index in [-0.39, 0.29) is 11.7 Å². The van der Waals surface area contributed by atoms with Crippen LogP contribution in [0.1, 0.15) is 30.7 Å². The van der Waals surface area contributed by atoms with E-state index in [2.05, 4.69) is 40.8 Å². The standard InChI is InChI=1S/C17H18N4O3S/c1-11(2)16(14-7-4-8-25-14)18-10-15-19-17(20-24-15)12-5-3-6-13(9-12)21(22)23/h3-9,11,16,18H,10H2,1-2H3/t16-/m1/s1. The molecular formula is C17H18N4O3S. The SMILES string of the molecule is CC(C)[C@@H](NCc1nc(-c2cccc([N+](=O)[O-])c2)no1)c1cccs1. The van der Waals surface area contributed by atoms with Crippen molar-refractivity contribution in [2.75, 3.05) is 0 Å². The number of nitrogens with zero attached hydrogens (tertiary/aromatic N) is 3. The predicted molar refractivity (Wildman–Crippen MR) is 95.1 cm³/mol. The minimum absolute atomic E-state index is 0.000424. The molecule has 3 rings (SSSR count). The van der Waals surface area contributed by atoms with Gasteiger partial charge >= 0.3 is 0 Å². The van der Waals surface area contributed by atoms with Gasteiger partial charge in [-0.15, -0.1) is 11.3 Å². The Hall–Kier alpha value is -2.58. The molecule has 0 fully saturated rings. The van der Waals surface area contributed by atoms with Crippen LogP contribution in [-0.4, -0.2) is 15.1 Å². The highest BCUT2D eigenvalue weighted by atomic mass is 32.1. The Balaban J connectivity index is 1.71. The molecule has 0 saturated carbocycles. The average Bonchev–Trinajstić information content (AvgIpc) is 3.27. The summed E-state index contributed by atoms with van der Waals surface area (Å²) in [7, 11) is 0. The van der Waals surface area contributed by atoms with Crippen LogP contribution in [0.4, 0.5) is 5.69 Å². The van der Waals surface area contributed by atoms with E-state index in [1.165, 1.54) is 17.0 Å². The fourth-order valence-electron chi connectivity index (χ4n) is 2.53. The number of rotatable bonds is 7. The number of hydrogen-bond donors (Lipinski definition) is 1. The van der Waals surface area contributed by atoms with Gasteiger partial charge in [-0.3, -0.25) is 10.1 Å². The van der Waals surface area contributed by atoms with Crippen molar-refractivity contribution >= 4 is 17.0 Å². The molecule has 8 heteroatoms. The molecule has 2 aromatic heterocycles. The van der Waals surface area contributed by atoms with Crippen molar-refractivity contribution in [3.05, 3.63) is 62.7 Å². The summed E-state index contributed by atoms with van der Waals surface area (Å²) in [5, 5.41) is 20.3. The Morgan fingerprint density at radius 2 is 2.16 bits per heavy atom. The van der Waals surface area contributed by atoms with E-state index in [1.807, 2.05) is 6.07 Å². The Bertz CT molecular complexity index is 845. The van der Waals surface area contributed by atoms with Crippen LogP contribution < -0.4 is 5.32 Å². The van der Waals surface area contributed by atoms with Gasteiger partial charge in [0.25, 0.3) is 5.69 Å². The van der Waals surface area contributed by atoms with Crippen molar-refractivity contribution in [2.45, 2.75) is 26.4 Å². The Kier molecular flexibility index (Phi) is 5.20.